The van der Waals surface area contributed by atoms with Crippen LogP contribution in [0.15, 0.2) is 82.3 Å². The van der Waals surface area contributed by atoms with E-state index in [1.807, 2.05) is 35.9 Å². The van der Waals surface area contributed by atoms with Gasteiger partial charge < -0.3 is 0 Å². The van der Waals surface area contributed by atoms with Crippen LogP contribution in [0.2, 0.25) is 10.0 Å². The lowest BCUT2D eigenvalue weighted by Crippen LogP contribution is -2.14. The van der Waals surface area contributed by atoms with Gasteiger partial charge in [0, 0.05) is 17.1 Å². The standard InChI is InChI=1S/C28H26Cl2N4S/c1-19(26-9-5-6-16-31-26)33-34-27(18-35-28(34)32-23-14-15-24(29)25(30)17-23)22-12-10-21(11-13-22)20-7-3-2-4-8-20/h5-6,9-18,20H,2-4,7-8H2,1H3/b32-28?,33-19+. The zero-order chi connectivity index (χ0) is 24.2. The van der Waals surface area contributed by atoms with E-state index in [9.17, 15) is 0 Å². The van der Waals surface area contributed by atoms with Crippen molar-refractivity contribution >= 4 is 45.9 Å². The van der Waals surface area contributed by atoms with Crippen LogP contribution in [-0.2, 0) is 0 Å². The van der Waals surface area contributed by atoms with E-state index in [0.717, 1.165) is 33.2 Å². The first kappa shape index (κ1) is 24.0. The molecule has 5 rings (SSSR count). The summed E-state index contributed by atoms with van der Waals surface area (Å²) in [6.07, 6.45) is 8.38. The highest BCUT2D eigenvalue weighted by Crippen LogP contribution is 2.34. The molecule has 1 fully saturated rings. The fourth-order valence-electron chi connectivity index (χ4n) is 4.48. The number of pyridine rings is 1. The average molecular weight is 522 g/mol. The summed E-state index contributed by atoms with van der Waals surface area (Å²) in [4.78, 5) is 10.0. The summed E-state index contributed by atoms with van der Waals surface area (Å²) in [7, 11) is 0. The Balaban J connectivity index is 1.58. The molecule has 4 aromatic rings. The first-order valence-electron chi connectivity index (χ1n) is 11.9. The number of thiazole rings is 1. The Morgan fingerprint density at radius 2 is 1.77 bits per heavy atom. The van der Waals surface area contributed by atoms with E-state index in [0.29, 0.717) is 16.0 Å². The maximum absolute atomic E-state index is 6.23. The third-order valence-electron chi connectivity index (χ3n) is 6.38. The zero-order valence-corrected chi connectivity index (χ0v) is 21.8. The molecule has 2 aromatic carbocycles. The Kier molecular flexibility index (Phi) is 7.47. The Hall–Kier alpha value is -2.73. The third kappa shape index (κ3) is 5.58. The van der Waals surface area contributed by atoms with Crippen LogP contribution in [0.4, 0.5) is 5.69 Å². The van der Waals surface area contributed by atoms with Crippen molar-refractivity contribution in [2.24, 2.45) is 10.1 Å². The molecule has 2 aromatic heterocycles. The van der Waals surface area contributed by atoms with E-state index in [2.05, 4.69) is 34.6 Å². The van der Waals surface area contributed by atoms with Crippen molar-refractivity contribution in [3.63, 3.8) is 0 Å². The molecule has 1 aliphatic rings. The minimum Gasteiger partial charge on any atom is -0.255 e. The van der Waals surface area contributed by atoms with Gasteiger partial charge in [0.1, 0.15) is 0 Å². The summed E-state index contributed by atoms with van der Waals surface area (Å²) in [5, 5.41) is 8.02. The van der Waals surface area contributed by atoms with Gasteiger partial charge >= 0.3 is 0 Å². The second-order valence-electron chi connectivity index (χ2n) is 8.78. The maximum Gasteiger partial charge on any atom is 0.211 e. The highest BCUT2D eigenvalue weighted by molar-refractivity contribution is 7.07. The van der Waals surface area contributed by atoms with Gasteiger partial charge in [-0.25, -0.2) is 9.67 Å². The molecule has 0 amide bonds. The van der Waals surface area contributed by atoms with Gasteiger partial charge in [0.25, 0.3) is 0 Å². The normalized spacial score (nSPS) is 15.5. The molecule has 0 radical (unpaired) electrons. The highest BCUT2D eigenvalue weighted by Gasteiger charge is 2.16. The van der Waals surface area contributed by atoms with Crippen LogP contribution in [-0.4, -0.2) is 15.4 Å². The second kappa shape index (κ2) is 10.9. The van der Waals surface area contributed by atoms with Gasteiger partial charge in [0.05, 0.1) is 32.8 Å². The van der Waals surface area contributed by atoms with Gasteiger partial charge in [0.15, 0.2) is 0 Å². The van der Waals surface area contributed by atoms with Crippen molar-refractivity contribution in [2.45, 2.75) is 44.9 Å². The van der Waals surface area contributed by atoms with Gasteiger partial charge in [0.2, 0.25) is 4.80 Å². The highest BCUT2D eigenvalue weighted by atomic mass is 35.5. The van der Waals surface area contributed by atoms with E-state index >= 15 is 0 Å². The topological polar surface area (TPSA) is 42.5 Å². The van der Waals surface area contributed by atoms with Crippen LogP contribution in [0.5, 0.6) is 0 Å². The minimum atomic E-state index is 0.475. The summed E-state index contributed by atoms with van der Waals surface area (Å²) < 4.78 is 1.90. The molecule has 0 spiro atoms. The SMILES string of the molecule is C/C(=N\n1c(-c2ccc(C3CCCCC3)cc2)csc1=Nc1ccc(Cl)c(Cl)c1)c1ccccn1. The largest absolute Gasteiger partial charge is 0.255 e. The number of nitrogens with zero attached hydrogens (tertiary/aromatic N) is 4. The minimum absolute atomic E-state index is 0.475. The van der Waals surface area contributed by atoms with E-state index in [4.69, 9.17) is 33.3 Å². The van der Waals surface area contributed by atoms with E-state index in [-0.39, 0.29) is 0 Å². The number of benzene rings is 2. The molecular formula is C28H26Cl2N4S. The summed E-state index contributed by atoms with van der Waals surface area (Å²) in [6.45, 7) is 1.96. The molecule has 4 nitrogen and oxygen atoms in total. The van der Waals surface area contributed by atoms with Crippen LogP contribution in [0.25, 0.3) is 11.3 Å². The Bertz CT molecular complexity index is 1400. The van der Waals surface area contributed by atoms with Crippen LogP contribution >= 0.6 is 34.5 Å². The third-order valence-corrected chi connectivity index (χ3v) is 7.94. The van der Waals surface area contributed by atoms with Crippen LogP contribution in [0, 0.1) is 0 Å². The number of hydrogen-bond donors (Lipinski definition) is 0. The fraction of sp³-hybridized carbons (Fsp3) is 0.250. The molecule has 2 heterocycles. The number of halogens is 2. The molecule has 178 valence electrons. The Labute approximate surface area is 219 Å². The summed E-state index contributed by atoms with van der Waals surface area (Å²) in [5.41, 5.74) is 5.88. The van der Waals surface area contributed by atoms with Crippen molar-refractivity contribution in [3.05, 3.63) is 98.3 Å². The van der Waals surface area contributed by atoms with Gasteiger partial charge in [-0.2, -0.15) is 5.10 Å². The molecule has 0 unspecified atom stereocenters. The first-order valence-corrected chi connectivity index (χ1v) is 13.5. The van der Waals surface area contributed by atoms with Crippen molar-refractivity contribution in [1.29, 1.82) is 0 Å². The smallest absolute Gasteiger partial charge is 0.211 e. The van der Waals surface area contributed by atoms with E-state index in [1.54, 1.807) is 18.3 Å². The second-order valence-corrected chi connectivity index (χ2v) is 10.4. The van der Waals surface area contributed by atoms with E-state index in [1.165, 1.54) is 49.0 Å². The maximum atomic E-state index is 6.23. The lowest BCUT2D eigenvalue weighted by Gasteiger charge is -2.22. The zero-order valence-electron chi connectivity index (χ0n) is 19.5. The monoisotopic (exact) mass is 520 g/mol. The predicted molar refractivity (Wildman–Crippen MR) is 147 cm³/mol. The molecule has 0 bridgehead atoms. The Morgan fingerprint density at radius 3 is 2.49 bits per heavy atom. The van der Waals surface area contributed by atoms with Crippen LogP contribution in [0.3, 0.4) is 0 Å². The molecule has 1 saturated carbocycles. The molecule has 1 aliphatic carbocycles. The molecule has 0 N–H and O–H groups in total. The lowest BCUT2D eigenvalue weighted by molar-refractivity contribution is 0.443. The van der Waals surface area contributed by atoms with Gasteiger partial charge in [-0.15, -0.1) is 11.3 Å². The van der Waals surface area contributed by atoms with Gasteiger partial charge in [-0.1, -0.05) is 72.8 Å². The molecule has 0 saturated heterocycles. The number of aromatic nitrogens is 2. The Morgan fingerprint density at radius 1 is 0.971 bits per heavy atom. The lowest BCUT2D eigenvalue weighted by atomic mass is 9.84. The van der Waals surface area contributed by atoms with Crippen molar-refractivity contribution in [2.75, 3.05) is 0 Å². The molecular weight excluding hydrogens is 495 g/mol. The van der Waals surface area contributed by atoms with Crippen LogP contribution in [0.1, 0.15) is 56.2 Å². The van der Waals surface area contributed by atoms with Crippen molar-refractivity contribution < 1.29 is 0 Å². The van der Waals surface area contributed by atoms with Crippen molar-refractivity contribution in [3.8, 4) is 11.3 Å². The molecule has 0 atom stereocenters. The van der Waals surface area contributed by atoms with Crippen molar-refractivity contribution in [1.82, 2.24) is 9.66 Å². The van der Waals surface area contributed by atoms with E-state index < -0.39 is 0 Å². The summed E-state index contributed by atoms with van der Waals surface area (Å²) in [6, 6.07) is 20.2. The molecule has 0 aliphatic heterocycles. The van der Waals surface area contributed by atoms with Crippen LogP contribution < -0.4 is 4.80 Å². The number of hydrogen-bond acceptors (Lipinski definition) is 4. The van der Waals surface area contributed by atoms with Gasteiger partial charge in [-0.3, -0.25) is 4.98 Å². The first-order chi connectivity index (χ1) is 17.1. The molecule has 35 heavy (non-hydrogen) atoms. The number of rotatable bonds is 5. The average Bonchev–Trinajstić information content (AvgIpc) is 3.29. The predicted octanol–water partition coefficient (Wildman–Crippen LogP) is 8.47. The summed E-state index contributed by atoms with van der Waals surface area (Å²) in [5.74, 6) is 0.678. The summed E-state index contributed by atoms with van der Waals surface area (Å²) >= 11 is 13.9. The molecule has 7 heteroatoms. The van der Waals surface area contributed by atoms with Gasteiger partial charge in [-0.05, 0) is 61.6 Å². The fourth-order valence-corrected chi connectivity index (χ4v) is 5.62. The quantitative estimate of drug-likeness (QED) is 0.243.